The van der Waals surface area contributed by atoms with Crippen LogP contribution in [0.1, 0.15) is 35.9 Å². The molecule has 1 fully saturated rings. The third-order valence-electron chi connectivity index (χ3n) is 4.94. The molecular formula is C18H27N7O2. The first kappa shape index (κ1) is 19.2. The third kappa shape index (κ3) is 4.08. The van der Waals surface area contributed by atoms with Crippen molar-refractivity contribution in [1.82, 2.24) is 34.3 Å². The van der Waals surface area contributed by atoms with Gasteiger partial charge in [0.05, 0.1) is 6.54 Å². The Morgan fingerprint density at radius 3 is 2.37 bits per heavy atom. The van der Waals surface area contributed by atoms with E-state index >= 15 is 0 Å². The van der Waals surface area contributed by atoms with Gasteiger partial charge in [0.2, 0.25) is 11.7 Å². The molecule has 1 saturated heterocycles. The first-order valence-corrected chi connectivity index (χ1v) is 9.43. The molecule has 2 aromatic rings. The van der Waals surface area contributed by atoms with Gasteiger partial charge < -0.3 is 9.80 Å². The highest BCUT2D eigenvalue weighted by Crippen LogP contribution is 2.10. The molecule has 9 heteroatoms. The third-order valence-corrected chi connectivity index (χ3v) is 4.94. The van der Waals surface area contributed by atoms with Crippen molar-refractivity contribution in [1.29, 1.82) is 0 Å². The van der Waals surface area contributed by atoms with Crippen LogP contribution < -0.4 is 0 Å². The highest BCUT2D eigenvalue weighted by molar-refractivity contribution is 5.91. The van der Waals surface area contributed by atoms with Gasteiger partial charge in [0.15, 0.2) is 0 Å². The summed E-state index contributed by atoms with van der Waals surface area (Å²) in [5, 5.41) is 4.32. The Morgan fingerprint density at radius 1 is 1.07 bits per heavy atom. The van der Waals surface area contributed by atoms with E-state index in [1.165, 1.54) is 0 Å². The number of rotatable bonds is 5. The van der Waals surface area contributed by atoms with Gasteiger partial charge in [-0.05, 0) is 33.8 Å². The second-order valence-corrected chi connectivity index (χ2v) is 6.82. The molecular weight excluding hydrogens is 346 g/mol. The van der Waals surface area contributed by atoms with E-state index < -0.39 is 0 Å². The Labute approximate surface area is 159 Å². The Morgan fingerprint density at radius 2 is 1.74 bits per heavy atom. The molecule has 3 rings (SSSR count). The lowest BCUT2D eigenvalue weighted by Gasteiger charge is -2.34. The molecule has 2 aromatic heterocycles. The van der Waals surface area contributed by atoms with Gasteiger partial charge in [-0.2, -0.15) is 4.98 Å². The number of aryl methyl sites for hydroxylation is 2. The fourth-order valence-electron chi connectivity index (χ4n) is 3.37. The van der Waals surface area contributed by atoms with E-state index in [0.717, 1.165) is 24.5 Å². The smallest absolute Gasteiger partial charge is 0.293 e. The molecule has 3 heterocycles. The highest BCUT2D eigenvalue weighted by atomic mass is 16.2. The zero-order valence-corrected chi connectivity index (χ0v) is 16.5. The standard InChI is InChI=1S/C18H27N7O2/c1-5-23(6-2)15(26)12-22-7-9-24(10-8-22)17(27)16-20-18-19-13(3)11-14(4)25(18)21-16/h11H,5-10,12H2,1-4H3. The first-order chi connectivity index (χ1) is 12.9. The molecule has 1 aliphatic heterocycles. The predicted octanol–water partition coefficient (Wildman–Crippen LogP) is 0.367. The Hall–Kier alpha value is -2.55. The van der Waals surface area contributed by atoms with E-state index in [4.69, 9.17) is 0 Å². The zero-order chi connectivity index (χ0) is 19.6. The molecule has 27 heavy (non-hydrogen) atoms. The molecule has 0 spiro atoms. The van der Waals surface area contributed by atoms with Gasteiger partial charge in [0.25, 0.3) is 11.7 Å². The van der Waals surface area contributed by atoms with Gasteiger partial charge in [0.1, 0.15) is 0 Å². The summed E-state index contributed by atoms with van der Waals surface area (Å²) in [6.45, 7) is 12.1. The van der Waals surface area contributed by atoms with E-state index in [-0.39, 0.29) is 17.6 Å². The summed E-state index contributed by atoms with van der Waals surface area (Å²) in [6.07, 6.45) is 0. The van der Waals surface area contributed by atoms with Gasteiger partial charge in [-0.25, -0.2) is 9.50 Å². The predicted molar refractivity (Wildman–Crippen MR) is 101 cm³/mol. The van der Waals surface area contributed by atoms with Crippen LogP contribution in [0.2, 0.25) is 0 Å². The number of amides is 2. The maximum Gasteiger partial charge on any atom is 0.293 e. The van der Waals surface area contributed by atoms with Crippen molar-refractivity contribution in [3.63, 3.8) is 0 Å². The molecule has 0 aliphatic carbocycles. The maximum absolute atomic E-state index is 12.8. The number of carbonyl (C=O) groups is 2. The molecule has 2 amide bonds. The quantitative estimate of drug-likeness (QED) is 0.752. The first-order valence-electron chi connectivity index (χ1n) is 9.43. The van der Waals surface area contributed by atoms with Crippen molar-refractivity contribution >= 4 is 17.6 Å². The van der Waals surface area contributed by atoms with Crippen LogP contribution in [0, 0.1) is 13.8 Å². The zero-order valence-electron chi connectivity index (χ0n) is 16.5. The van der Waals surface area contributed by atoms with Crippen LogP contribution in [-0.4, -0.2) is 91.9 Å². The normalized spacial score (nSPS) is 15.3. The van der Waals surface area contributed by atoms with Crippen LogP contribution >= 0.6 is 0 Å². The largest absolute Gasteiger partial charge is 0.342 e. The Kier molecular flexibility index (Phi) is 5.69. The van der Waals surface area contributed by atoms with Gasteiger partial charge in [0, 0.05) is 50.7 Å². The van der Waals surface area contributed by atoms with Crippen molar-refractivity contribution in [3.8, 4) is 0 Å². The minimum absolute atomic E-state index is 0.138. The van der Waals surface area contributed by atoms with E-state index in [2.05, 4.69) is 20.0 Å². The summed E-state index contributed by atoms with van der Waals surface area (Å²) in [5.74, 6) is 0.564. The number of nitrogens with zero attached hydrogens (tertiary/aromatic N) is 7. The number of carbonyl (C=O) groups excluding carboxylic acids is 2. The lowest BCUT2D eigenvalue weighted by atomic mass is 10.3. The van der Waals surface area contributed by atoms with E-state index in [0.29, 0.717) is 38.5 Å². The van der Waals surface area contributed by atoms with Gasteiger partial charge in [-0.15, -0.1) is 5.10 Å². The number of hydrogen-bond acceptors (Lipinski definition) is 6. The van der Waals surface area contributed by atoms with Crippen molar-refractivity contribution < 1.29 is 9.59 Å². The average Bonchev–Trinajstić information content (AvgIpc) is 3.07. The lowest BCUT2D eigenvalue weighted by Crippen LogP contribution is -2.51. The summed E-state index contributed by atoms with van der Waals surface area (Å²) in [6, 6.07) is 1.90. The molecule has 0 aromatic carbocycles. The number of fused-ring (bicyclic) bond motifs is 1. The number of piperazine rings is 1. The van der Waals surface area contributed by atoms with Crippen LogP contribution in [0.4, 0.5) is 0 Å². The molecule has 9 nitrogen and oxygen atoms in total. The van der Waals surface area contributed by atoms with Crippen LogP contribution in [0.3, 0.4) is 0 Å². The van der Waals surface area contributed by atoms with Crippen molar-refractivity contribution in [2.45, 2.75) is 27.7 Å². The fraction of sp³-hybridized carbons (Fsp3) is 0.611. The minimum atomic E-state index is -0.188. The molecule has 0 atom stereocenters. The van der Waals surface area contributed by atoms with Crippen LogP contribution in [0.5, 0.6) is 0 Å². The summed E-state index contributed by atoms with van der Waals surface area (Å²) >= 11 is 0. The topological polar surface area (TPSA) is 86.9 Å². The second-order valence-electron chi connectivity index (χ2n) is 6.82. The molecule has 0 N–H and O–H groups in total. The monoisotopic (exact) mass is 373 g/mol. The number of aromatic nitrogens is 4. The summed E-state index contributed by atoms with van der Waals surface area (Å²) in [4.78, 5) is 39.3. The molecule has 0 saturated carbocycles. The number of hydrogen-bond donors (Lipinski definition) is 0. The highest BCUT2D eigenvalue weighted by Gasteiger charge is 2.27. The summed E-state index contributed by atoms with van der Waals surface area (Å²) in [7, 11) is 0. The fourth-order valence-corrected chi connectivity index (χ4v) is 3.37. The maximum atomic E-state index is 12.8. The van der Waals surface area contributed by atoms with Crippen LogP contribution in [0.25, 0.3) is 5.78 Å². The molecule has 1 aliphatic rings. The van der Waals surface area contributed by atoms with E-state index in [1.807, 2.05) is 38.7 Å². The average molecular weight is 373 g/mol. The van der Waals surface area contributed by atoms with E-state index in [9.17, 15) is 9.59 Å². The minimum Gasteiger partial charge on any atom is -0.342 e. The van der Waals surface area contributed by atoms with Gasteiger partial charge >= 0.3 is 0 Å². The molecule has 0 radical (unpaired) electrons. The van der Waals surface area contributed by atoms with Gasteiger partial charge in [-0.1, -0.05) is 0 Å². The number of likely N-dealkylation sites (N-methyl/N-ethyl adjacent to an activating group) is 1. The van der Waals surface area contributed by atoms with Gasteiger partial charge in [-0.3, -0.25) is 14.5 Å². The Bertz CT molecular complexity index is 836. The second kappa shape index (κ2) is 7.99. The lowest BCUT2D eigenvalue weighted by molar-refractivity contribution is -0.132. The van der Waals surface area contributed by atoms with Crippen molar-refractivity contribution in [3.05, 3.63) is 23.3 Å². The van der Waals surface area contributed by atoms with E-state index in [1.54, 1.807) is 9.42 Å². The van der Waals surface area contributed by atoms with Crippen molar-refractivity contribution in [2.75, 3.05) is 45.8 Å². The molecule has 146 valence electrons. The SMILES string of the molecule is CCN(CC)C(=O)CN1CCN(C(=O)c2nc3nc(C)cc(C)n3n2)CC1. The van der Waals surface area contributed by atoms with Crippen LogP contribution in [0.15, 0.2) is 6.07 Å². The molecule has 0 bridgehead atoms. The van der Waals surface area contributed by atoms with Crippen molar-refractivity contribution in [2.24, 2.45) is 0 Å². The molecule has 0 unspecified atom stereocenters. The summed E-state index contributed by atoms with van der Waals surface area (Å²) < 4.78 is 1.60. The van der Waals surface area contributed by atoms with Crippen LogP contribution in [-0.2, 0) is 4.79 Å². The Balaban J connectivity index is 1.62. The summed E-state index contributed by atoms with van der Waals surface area (Å²) in [5.41, 5.74) is 1.74.